The fourth-order valence-corrected chi connectivity index (χ4v) is 7.36. The molecule has 2 amide bonds. The van der Waals surface area contributed by atoms with E-state index in [2.05, 4.69) is 11.4 Å². The third-order valence-electron chi connectivity index (χ3n) is 7.61. The van der Waals surface area contributed by atoms with Crippen molar-refractivity contribution in [2.45, 2.75) is 66.7 Å². The van der Waals surface area contributed by atoms with Gasteiger partial charge in [0.1, 0.15) is 17.4 Å². The first-order valence-electron chi connectivity index (χ1n) is 11.7. The zero-order chi connectivity index (χ0) is 25.0. The first-order valence-corrected chi connectivity index (χ1v) is 13.6. The Morgan fingerprint density at radius 3 is 2.43 bits per heavy atom. The van der Waals surface area contributed by atoms with E-state index < -0.39 is 38.0 Å². The minimum absolute atomic E-state index is 0.0347. The monoisotopic (exact) mass is 517 g/mol. The van der Waals surface area contributed by atoms with Crippen LogP contribution in [0.5, 0.6) is 0 Å². The number of carbonyl (C=O) groups excluding carboxylic acids is 2. The van der Waals surface area contributed by atoms with Gasteiger partial charge in [-0.3, -0.25) is 9.59 Å². The molecule has 2 atom stereocenters. The smallest absolute Gasteiger partial charge is 0.244 e. The first-order chi connectivity index (χ1) is 16.6. The van der Waals surface area contributed by atoms with Gasteiger partial charge in [-0.05, 0) is 56.7 Å². The number of benzene rings is 1. The second-order valence-corrected chi connectivity index (χ2v) is 12.5. The molecule has 1 aromatic carbocycles. The van der Waals surface area contributed by atoms with Crippen molar-refractivity contribution in [2.75, 3.05) is 6.54 Å². The SMILES string of the molecule is N#CC1(NC(=O)[C@@H]2C[C@@H](S(=O)(=O)c3ccccc3Cl)CN2C(=O)C2(C3=CC=C(F)CC3)CC2)CC1. The van der Waals surface area contributed by atoms with E-state index in [4.69, 9.17) is 11.6 Å². The van der Waals surface area contributed by atoms with Crippen LogP contribution in [-0.2, 0) is 19.4 Å². The number of likely N-dealkylation sites (tertiary alicyclic amines) is 1. The van der Waals surface area contributed by atoms with Crippen LogP contribution in [0.2, 0.25) is 5.02 Å². The van der Waals surface area contributed by atoms with E-state index in [1.54, 1.807) is 18.2 Å². The van der Waals surface area contributed by atoms with Gasteiger partial charge in [0.25, 0.3) is 0 Å². The lowest BCUT2D eigenvalue weighted by Gasteiger charge is -2.30. The van der Waals surface area contributed by atoms with Crippen molar-refractivity contribution in [2.24, 2.45) is 5.41 Å². The third-order valence-corrected chi connectivity index (χ3v) is 10.2. The van der Waals surface area contributed by atoms with Gasteiger partial charge in [-0.2, -0.15) is 5.26 Å². The maximum Gasteiger partial charge on any atom is 0.244 e. The molecule has 1 N–H and O–H groups in total. The zero-order valence-electron chi connectivity index (χ0n) is 19.0. The highest BCUT2D eigenvalue weighted by Crippen LogP contribution is 2.56. The predicted octanol–water partition coefficient (Wildman–Crippen LogP) is 3.61. The lowest BCUT2D eigenvalue weighted by molar-refractivity contribution is -0.142. The highest BCUT2D eigenvalue weighted by Gasteiger charge is 2.58. The molecule has 0 unspecified atom stereocenters. The number of sulfone groups is 1. The first kappa shape index (κ1) is 24.0. The maximum atomic E-state index is 13.9. The molecule has 5 rings (SSSR count). The van der Waals surface area contributed by atoms with Crippen LogP contribution in [0.25, 0.3) is 0 Å². The van der Waals surface area contributed by atoms with Gasteiger partial charge in [-0.1, -0.05) is 35.4 Å². The number of hydrogen-bond donors (Lipinski definition) is 1. The van der Waals surface area contributed by atoms with E-state index in [0.717, 1.165) is 5.57 Å². The molecule has 10 heteroatoms. The number of carbonyl (C=O) groups is 2. The molecule has 1 saturated heterocycles. The van der Waals surface area contributed by atoms with Crippen molar-refractivity contribution in [3.05, 3.63) is 52.8 Å². The van der Waals surface area contributed by atoms with Crippen LogP contribution in [0.1, 0.15) is 44.9 Å². The minimum Gasteiger partial charge on any atom is -0.336 e. The normalized spacial score (nSPS) is 26.3. The number of rotatable bonds is 6. The Morgan fingerprint density at radius 2 is 1.86 bits per heavy atom. The van der Waals surface area contributed by atoms with Crippen LogP contribution < -0.4 is 5.32 Å². The maximum absolute atomic E-state index is 13.9. The lowest BCUT2D eigenvalue weighted by Crippen LogP contribution is -2.51. The van der Waals surface area contributed by atoms with Gasteiger partial charge in [0.15, 0.2) is 9.84 Å². The van der Waals surface area contributed by atoms with Gasteiger partial charge in [0.05, 0.1) is 26.7 Å². The van der Waals surface area contributed by atoms with Crippen molar-refractivity contribution < 1.29 is 22.4 Å². The minimum atomic E-state index is -3.94. The molecule has 0 aromatic heterocycles. The number of nitrogens with one attached hydrogen (secondary N) is 1. The Morgan fingerprint density at radius 1 is 1.14 bits per heavy atom. The van der Waals surface area contributed by atoms with E-state index in [-0.39, 0.29) is 41.0 Å². The molecule has 2 saturated carbocycles. The van der Waals surface area contributed by atoms with E-state index in [1.165, 1.54) is 23.1 Å². The van der Waals surface area contributed by atoms with Crippen molar-refractivity contribution >= 4 is 33.3 Å². The molecule has 7 nitrogen and oxygen atoms in total. The van der Waals surface area contributed by atoms with Crippen molar-refractivity contribution in [1.29, 1.82) is 5.26 Å². The van der Waals surface area contributed by atoms with Gasteiger partial charge in [0, 0.05) is 13.0 Å². The Bertz CT molecular complexity index is 1310. The Balaban J connectivity index is 1.47. The summed E-state index contributed by atoms with van der Waals surface area (Å²) in [6, 6.07) is 7.19. The van der Waals surface area contributed by atoms with Gasteiger partial charge >= 0.3 is 0 Å². The van der Waals surface area contributed by atoms with Crippen LogP contribution >= 0.6 is 11.6 Å². The number of nitrogens with zero attached hydrogens (tertiary/aromatic N) is 2. The quantitative estimate of drug-likeness (QED) is 0.620. The summed E-state index contributed by atoms with van der Waals surface area (Å²) in [6.45, 7) is -0.150. The number of allylic oxidation sites excluding steroid dienone is 3. The highest BCUT2D eigenvalue weighted by atomic mass is 35.5. The van der Waals surface area contributed by atoms with Crippen LogP contribution in [0.15, 0.2) is 52.7 Å². The molecule has 1 aliphatic heterocycles. The average Bonchev–Trinajstić information content (AvgIpc) is 3.76. The summed E-state index contributed by atoms with van der Waals surface area (Å²) in [5, 5.41) is 11.2. The molecule has 184 valence electrons. The summed E-state index contributed by atoms with van der Waals surface area (Å²) in [7, 11) is -3.94. The van der Waals surface area contributed by atoms with E-state index in [0.29, 0.717) is 32.1 Å². The van der Waals surface area contributed by atoms with Crippen molar-refractivity contribution in [1.82, 2.24) is 10.2 Å². The summed E-state index contributed by atoms with van der Waals surface area (Å²) >= 11 is 6.18. The third kappa shape index (κ3) is 4.17. The van der Waals surface area contributed by atoms with Gasteiger partial charge in [-0.15, -0.1) is 0 Å². The second kappa shape index (κ2) is 8.45. The van der Waals surface area contributed by atoms with E-state index in [1.807, 2.05) is 0 Å². The molecule has 0 radical (unpaired) electrons. The molecule has 3 fully saturated rings. The largest absolute Gasteiger partial charge is 0.336 e. The number of halogens is 2. The topological polar surface area (TPSA) is 107 Å². The lowest BCUT2D eigenvalue weighted by atomic mass is 9.87. The van der Waals surface area contributed by atoms with Crippen molar-refractivity contribution in [3.8, 4) is 6.07 Å². The van der Waals surface area contributed by atoms with E-state index in [9.17, 15) is 27.7 Å². The summed E-state index contributed by atoms with van der Waals surface area (Å²) in [5.41, 5.74) is -0.960. The van der Waals surface area contributed by atoms with Crippen molar-refractivity contribution in [3.63, 3.8) is 0 Å². The van der Waals surface area contributed by atoms with Crippen LogP contribution in [0, 0.1) is 16.7 Å². The van der Waals surface area contributed by atoms with Crippen LogP contribution in [0.3, 0.4) is 0 Å². The number of hydrogen-bond acceptors (Lipinski definition) is 5. The second-order valence-electron chi connectivity index (χ2n) is 9.88. The van der Waals surface area contributed by atoms with Gasteiger partial charge < -0.3 is 10.2 Å². The highest BCUT2D eigenvalue weighted by molar-refractivity contribution is 7.92. The molecular weight excluding hydrogens is 493 g/mol. The summed E-state index contributed by atoms with van der Waals surface area (Å²) in [5.74, 6) is -1.07. The Labute approximate surface area is 208 Å². The molecular formula is C25H25ClFN3O4S. The number of amides is 2. The summed E-state index contributed by atoms with van der Waals surface area (Å²) in [4.78, 5) is 28.5. The molecule has 35 heavy (non-hydrogen) atoms. The molecule has 1 aromatic rings. The van der Waals surface area contributed by atoms with Crippen LogP contribution in [-0.4, -0.2) is 48.5 Å². The molecule has 1 heterocycles. The Hall–Kier alpha value is -2.70. The number of nitriles is 1. The molecule has 4 aliphatic rings. The van der Waals surface area contributed by atoms with Crippen LogP contribution in [0.4, 0.5) is 4.39 Å². The van der Waals surface area contributed by atoms with Gasteiger partial charge in [0.2, 0.25) is 11.8 Å². The standard InChI is InChI=1S/C25H25ClFN3O4S/c26-19-3-1-2-4-21(19)35(33,34)18-13-20(22(31)29-24(15-28)9-10-24)30(14-18)23(32)25(11-12-25)16-5-7-17(27)8-6-16/h1-5,7,18,20H,6,8-14H2,(H,29,31)/t18-,20+/m1/s1. The molecule has 3 aliphatic carbocycles. The fraction of sp³-hybridized carbons (Fsp3) is 0.480. The summed E-state index contributed by atoms with van der Waals surface area (Å²) < 4.78 is 40.5. The van der Waals surface area contributed by atoms with Gasteiger partial charge in [-0.25, -0.2) is 12.8 Å². The average molecular weight is 518 g/mol. The zero-order valence-corrected chi connectivity index (χ0v) is 20.5. The molecule has 0 spiro atoms. The Kier molecular flexibility index (Phi) is 5.80. The summed E-state index contributed by atoms with van der Waals surface area (Å²) in [6.07, 6.45) is 5.74. The van der Waals surface area contributed by atoms with E-state index >= 15 is 0 Å². The predicted molar refractivity (Wildman–Crippen MR) is 126 cm³/mol. The molecule has 0 bridgehead atoms. The fourth-order valence-electron chi connectivity index (χ4n) is 5.14.